The number of methoxy groups -OCH3 is 1. The Labute approximate surface area is 171 Å². The maximum Gasteiger partial charge on any atom is 0.335 e. The molecule has 1 aliphatic rings. The Kier molecular flexibility index (Phi) is 6.23. The molecule has 0 aromatic heterocycles. The lowest BCUT2D eigenvalue weighted by Gasteiger charge is -2.12. The number of carboxylic acids is 1. The lowest BCUT2D eigenvalue weighted by molar-refractivity contribution is -0.122. The fraction of sp³-hybridized carbons (Fsp3) is 0.190. The highest BCUT2D eigenvalue weighted by Crippen LogP contribution is 2.34. The molecule has 2 amide bonds. The van der Waals surface area contributed by atoms with Crippen molar-refractivity contribution < 1.29 is 29.0 Å². The molecule has 0 spiro atoms. The summed E-state index contributed by atoms with van der Waals surface area (Å²) in [4.78, 5) is 36.5. The number of carboxylic acid groups (broad SMARTS) is 1. The fourth-order valence-corrected chi connectivity index (χ4v) is 3.62. The van der Waals surface area contributed by atoms with Crippen LogP contribution in [0.2, 0.25) is 0 Å². The van der Waals surface area contributed by atoms with Crippen LogP contribution >= 0.6 is 11.8 Å². The maximum atomic E-state index is 12.2. The lowest BCUT2D eigenvalue weighted by atomic mass is 10.1. The summed E-state index contributed by atoms with van der Waals surface area (Å²) in [5, 5.41) is 8.67. The van der Waals surface area contributed by atoms with Crippen molar-refractivity contribution in [3.63, 3.8) is 0 Å². The summed E-state index contributed by atoms with van der Waals surface area (Å²) in [5.41, 5.74) is 1.74. The van der Waals surface area contributed by atoms with E-state index in [1.807, 2.05) is 0 Å². The summed E-state index contributed by atoms with van der Waals surface area (Å²) in [5.74, 6) is -0.289. The van der Waals surface area contributed by atoms with Gasteiger partial charge in [0.2, 0.25) is 0 Å². The van der Waals surface area contributed by atoms with Gasteiger partial charge in [0.25, 0.3) is 11.1 Å². The van der Waals surface area contributed by atoms with Crippen LogP contribution < -0.4 is 9.47 Å². The van der Waals surface area contributed by atoms with Crippen molar-refractivity contribution in [3.8, 4) is 11.5 Å². The highest BCUT2D eigenvalue weighted by Gasteiger charge is 2.33. The largest absolute Gasteiger partial charge is 0.493 e. The monoisotopic (exact) mass is 413 g/mol. The van der Waals surface area contributed by atoms with Crippen LogP contribution in [0.5, 0.6) is 11.5 Å². The molecule has 2 aromatic carbocycles. The first-order valence-electron chi connectivity index (χ1n) is 8.81. The number of carbonyl (C=O) groups excluding carboxylic acids is 2. The number of amides is 2. The first-order chi connectivity index (χ1) is 13.9. The lowest BCUT2D eigenvalue weighted by Crippen LogP contribution is -2.27. The summed E-state index contributed by atoms with van der Waals surface area (Å²) in [6.07, 6.45) is 1.65. The molecular weight excluding hydrogens is 394 g/mol. The van der Waals surface area contributed by atoms with Crippen LogP contribution in [-0.4, -0.2) is 40.8 Å². The van der Waals surface area contributed by atoms with Gasteiger partial charge in [-0.05, 0) is 60.2 Å². The number of carbonyl (C=O) groups is 3. The molecule has 7 nitrogen and oxygen atoms in total. The minimum absolute atomic E-state index is 0.211. The Hall–Kier alpha value is -3.26. The van der Waals surface area contributed by atoms with Gasteiger partial charge in [-0.1, -0.05) is 18.2 Å². The van der Waals surface area contributed by atoms with Gasteiger partial charge in [-0.15, -0.1) is 0 Å². The number of hydrogen-bond donors (Lipinski definition) is 1. The van der Waals surface area contributed by atoms with Crippen LogP contribution in [0.1, 0.15) is 28.4 Å². The predicted molar refractivity (Wildman–Crippen MR) is 109 cm³/mol. The van der Waals surface area contributed by atoms with Crippen LogP contribution in [0.15, 0.2) is 47.4 Å². The number of aromatic carboxylic acids is 1. The van der Waals surface area contributed by atoms with Gasteiger partial charge >= 0.3 is 5.97 Å². The van der Waals surface area contributed by atoms with Crippen molar-refractivity contribution in [3.05, 3.63) is 64.1 Å². The molecule has 0 bridgehead atoms. The van der Waals surface area contributed by atoms with Gasteiger partial charge in [0, 0.05) is 6.54 Å². The molecule has 0 saturated carbocycles. The van der Waals surface area contributed by atoms with Crippen molar-refractivity contribution in [1.29, 1.82) is 0 Å². The summed E-state index contributed by atoms with van der Waals surface area (Å²) < 4.78 is 11.2. The van der Waals surface area contributed by atoms with Crippen LogP contribution in [0.4, 0.5) is 4.79 Å². The highest BCUT2D eigenvalue weighted by molar-refractivity contribution is 8.18. The zero-order valence-electron chi connectivity index (χ0n) is 15.9. The molecule has 0 atom stereocenters. The molecule has 0 aliphatic carbocycles. The number of thioether (sulfide) groups is 1. The number of rotatable bonds is 7. The zero-order valence-corrected chi connectivity index (χ0v) is 16.7. The molecule has 0 radical (unpaired) electrons. The quantitative estimate of drug-likeness (QED) is 0.685. The van der Waals surface area contributed by atoms with E-state index in [1.165, 1.54) is 24.1 Å². The molecule has 1 aliphatic heterocycles. The van der Waals surface area contributed by atoms with Crippen molar-refractivity contribution >= 4 is 35.0 Å². The van der Waals surface area contributed by atoms with Crippen LogP contribution in [0, 0.1) is 0 Å². The molecule has 8 heteroatoms. The Morgan fingerprint density at radius 1 is 1.14 bits per heavy atom. The molecule has 29 heavy (non-hydrogen) atoms. The second-order valence-electron chi connectivity index (χ2n) is 6.13. The Balaban J connectivity index is 1.74. The third-order valence-corrected chi connectivity index (χ3v) is 5.18. The minimum Gasteiger partial charge on any atom is -0.493 e. The molecule has 0 unspecified atom stereocenters. The van der Waals surface area contributed by atoms with E-state index in [1.54, 1.807) is 43.3 Å². The summed E-state index contributed by atoms with van der Waals surface area (Å²) in [6.45, 7) is 2.33. The van der Waals surface area contributed by atoms with Crippen LogP contribution in [-0.2, 0) is 11.4 Å². The van der Waals surface area contributed by atoms with Crippen LogP contribution in [0.3, 0.4) is 0 Å². The topological polar surface area (TPSA) is 93.1 Å². The first kappa shape index (κ1) is 20.5. The van der Waals surface area contributed by atoms with E-state index in [4.69, 9.17) is 14.6 Å². The van der Waals surface area contributed by atoms with E-state index in [0.717, 1.165) is 17.3 Å². The zero-order chi connectivity index (χ0) is 21.0. The SMILES string of the molecule is CCN1C(=O)SC(=Cc2ccc(OCc3ccc(C(=O)O)cc3)c(OC)c2)C1=O. The first-order valence-corrected chi connectivity index (χ1v) is 9.63. The van der Waals surface area contributed by atoms with E-state index >= 15 is 0 Å². The Morgan fingerprint density at radius 3 is 2.45 bits per heavy atom. The second-order valence-corrected chi connectivity index (χ2v) is 7.12. The molecule has 1 heterocycles. The minimum atomic E-state index is -0.980. The van der Waals surface area contributed by atoms with Gasteiger partial charge in [-0.2, -0.15) is 0 Å². The average Bonchev–Trinajstić information content (AvgIpc) is 2.99. The number of hydrogen-bond acceptors (Lipinski definition) is 6. The van der Waals surface area contributed by atoms with E-state index in [2.05, 4.69) is 0 Å². The van der Waals surface area contributed by atoms with Gasteiger partial charge in [-0.25, -0.2) is 4.79 Å². The Morgan fingerprint density at radius 2 is 1.86 bits per heavy atom. The molecule has 2 aromatic rings. The number of benzene rings is 2. The van der Waals surface area contributed by atoms with Gasteiger partial charge in [0.1, 0.15) is 6.61 Å². The fourth-order valence-electron chi connectivity index (χ4n) is 2.72. The van der Waals surface area contributed by atoms with E-state index < -0.39 is 5.97 Å². The highest BCUT2D eigenvalue weighted by atomic mass is 32.2. The molecule has 1 fully saturated rings. The molecule has 3 rings (SSSR count). The third-order valence-electron chi connectivity index (χ3n) is 4.27. The molecule has 150 valence electrons. The average molecular weight is 413 g/mol. The normalized spacial score (nSPS) is 15.1. The maximum absolute atomic E-state index is 12.2. The van der Waals surface area contributed by atoms with Crippen molar-refractivity contribution in [2.45, 2.75) is 13.5 Å². The smallest absolute Gasteiger partial charge is 0.335 e. The molecule has 1 N–H and O–H groups in total. The van der Waals surface area contributed by atoms with Gasteiger partial charge in [0.05, 0.1) is 17.6 Å². The summed E-state index contributed by atoms with van der Waals surface area (Å²) in [6, 6.07) is 11.6. The van der Waals surface area contributed by atoms with Crippen molar-refractivity contribution in [1.82, 2.24) is 4.90 Å². The molecule has 1 saturated heterocycles. The van der Waals surface area contributed by atoms with E-state index in [0.29, 0.717) is 28.5 Å². The van der Waals surface area contributed by atoms with Crippen LogP contribution in [0.25, 0.3) is 6.08 Å². The van der Waals surface area contributed by atoms with E-state index in [-0.39, 0.29) is 23.3 Å². The Bertz CT molecular complexity index is 983. The predicted octanol–water partition coefficient (Wildman–Crippen LogP) is 4.03. The second kappa shape index (κ2) is 8.83. The van der Waals surface area contributed by atoms with Crippen molar-refractivity contribution in [2.75, 3.05) is 13.7 Å². The molecular formula is C21H19NO6S. The van der Waals surface area contributed by atoms with Gasteiger partial charge in [-0.3, -0.25) is 14.5 Å². The third kappa shape index (κ3) is 4.60. The van der Waals surface area contributed by atoms with E-state index in [9.17, 15) is 14.4 Å². The number of ether oxygens (including phenoxy) is 2. The van der Waals surface area contributed by atoms with Gasteiger partial charge in [0.15, 0.2) is 11.5 Å². The number of nitrogens with zero attached hydrogens (tertiary/aromatic N) is 1. The summed E-state index contributed by atoms with van der Waals surface area (Å²) in [7, 11) is 1.51. The number of likely N-dealkylation sites (N-methyl/N-ethyl adjacent to an activating group) is 1. The van der Waals surface area contributed by atoms with Crippen molar-refractivity contribution in [2.24, 2.45) is 0 Å². The van der Waals surface area contributed by atoms with Gasteiger partial charge < -0.3 is 14.6 Å². The summed E-state index contributed by atoms with van der Waals surface area (Å²) >= 11 is 0.914. The number of imide groups is 1. The standard InChI is InChI=1S/C21H19NO6S/c1-3-22-19(23)18(29-21(22)26)11-14-6-9-16(17(10-14)27-2)28-12-13-4-7-15(8-5-13)20(24)25/h4-11H,3,12H2,1-2H3,(H,24,25).